The molecule has 0 spiro atoms. The predicted octanol–water partition coefficient (Wildman–Crippen LogP) is 2.22. The molecule has 3 nitrogen and oxygen atoms in total. The van der Waals surface area contributed by atoms with Crippen LogP contribution in [-0.2, 0) is 0 Å². The first-order chi connectivity index (χ1) is 8.25. The Bertz CT molecular complexity index is 336. The molecule has 2 unspecified atom stereocenters. The summed E-state index contributed by atoms with van der Waals surface area (Å²) in [7, 11) is 0. The zero-order chi connectivity index (χ0) is 12.1. The number of aliphatic hydroxyl groups is 1. The number of aliphatic hydroxyl groups excluding tert-OH is 1. The molecule has 1 saturated heterocycles. The van der Waals surface area contributed by atoms with Crippen molar-refractivity contribution in [1.82, 2.24) is 5.32 Å². The highest BCUT2D eigenvalue weighted by atomic mass is 35.5. The van der Waals surface area contributed by atoms with Gasteiger partial charge >= 0.3 is 0 Å². The first-order valence-corrected chi connectivity index (χ1v) is 6.43. The van der Waals surface area contributed by atoms with E-state index in [4.69, 9.17) is 16.3 Å². The summed E-state index contributed by atoms with van der Waals surface area (Å²) >= 11 is 5.78. The average Bonchev–Trinajstić information content (AvgIpc) is 2.39. The van der Waals surface area contributed by atoms with E-state index in [2.05, 4.69) is 5.32 Å². The normalized spacial score (nSPS) is 22.1. The fraction of sp³-hybridized carbons (Fsp3) is 0.538. The van der Waals surface area contributed by atoms with Gasteiger partial charge in [-0.25, -0.2) is 0 Å². The molecule has 0 aliphatic carbocycles. The molecule has 1 aromatic carbocycles. The molecule has 1 aliphatic heterocycles. The maximum absolute atomic E-state index is 9.98. The third-order valence-corrected chi connectivity index (χ3v) is 3.30. The van der Waals surface area contributed by atoms with Gasteiger partial charge in [-0.15, -0.1) is 0 Å². The summed E-state index contributed by atoms with van der Waals surface area (Å²) in [6.07, 6.45) is 2.94. The van der Waals surface area contributed by atoms with Crippen molar-refractivity contribution in [3.63, 3.8) is 0 Å². The van der Waals surface area contributed by atoms with Crippen LogP contribution in [0.2, 0.25) is 5.02 Å². The second-order valence-corrected chi connectivity index (χ2v) is 4.83. The van der Waals surface area contributed by atoms with Gasteiger partial charge in [0.15, 0.2) is 0 Å². The predicted molar refractivity (Wildman–Crippen MR) is 68.6 cm³/mol. The van der Waals surface area contributed by atoms with E-state index < -0.39 is 6.10 Å². The molecule has 1 aromatic rings. The van der Waals surface area contributed by atoms with E-state index in [1.165, 1.54) is 12.8 Å². The van der Waals surface area contributed by atoms with Crippen LogP contribution in [-0.4, -0.2) is 30.4 Å². The Balaban J connectivity index is 1.78. The molecule has 17 heavy (non-hydrogen) atoms. The van der Waals surface area contributed by atoms with E-state index in [1.54, 1.807) is 12.1 Å². The lowest BCUT2D eigenvalue weighted by molar-refractivity contribution is 0.0639. The Kier molecular flexibility index (Phi) is 4.66. The summed E-state index contributed by atoms with van der Waals surface area (Å²) in [6.45, 7) is 1.31. The lowest BCUT2D eigenvalue weighted by atomic mass is 10.0. The largest absolute Gasteiger partial charge is 0.491 e. The smallest absolute Gasteiger partial charge is 0.119 e. The maximum Gasteiger partial charge on any atom is 0.119 e. The molecule has 1 aliphatic rings. The SMILES string of the molecule is OC(COc1ccc(Cl)cc1)C1CCCCN1. The van der Waals surface area contributed by atoms with E-state index in [0.29, 0.717) is 11.6 Å². The van der Waals surface area contributed by atoms with Crippen LogP contribution in [0.1, 0.15) is 19.3 Å². The van der Waals surface area contributed by atoms with Gasteiger partial charge in [0.2, 0.25) is 0 Å². The van der Waals surface area contributed by atoms with Crippen LogP contribution in [0.15, 0.2) is 24.3 Å². The third kappa shape index (κ3) is 3.87. The van der Waals surface area contributed by atoms with Crippen LogP contribution in [0.3, 0.4) is 0 Å². The van der Waals surface area contributed by atoms with Crippen LogP contribution in [0.5, 0.6) is 5.75 Å². The van der Waals surface area contributed by atoms with Crippen molar-refractivity contribution in [3.05, 3.63) is 29.3 Å². The van der Waals surface area contributed by atoms with Crippen LogP contribution in [0.4, 0.5) is 0 Å². The van der Waals surface area contributed by atoms with Crippen molar-refractivity contribution >= 4 is 11.6 Å². The van der Waals surface area contributed by atoms with Gasteiger partial charge in [-0.2, -0.15) is 0 Å². The molecule has 0 saturated carbocycles. The highest BCUT2D eigenvalue weighted by molar-refractivity contribution is 6.30. The van der Waals surface area contributed by atoms with Crippen LogP contribution in [0, 0.1) is 0 Å². The first-order valence-electron chi connectivity index (χ1n) is 6.05. The van der Waals surface area contributed by atoms with Gasteiger partial charge < -0.3 is 15.2 Å². The first kappa shape index (κ1) is 12.7. The Morgan fingerprint density at radius 3 is 2.76 bits per heavy atom. The van der Waals surface area contributed by atoms with Gasteiger partial charge in [-0.1, -0.05) is 18.0 Å². The number of hydrogen-bond acceptors (Lipinski definition) is 3. The molecule has 0 radical (unpaired) electrons. The summed E-state index contributed by atoms with van der Waals surface area (Å²) in [6, 6.07) is 7.34. The molecule has 1 heterocycles. The summed E-state index contributed by atoms with van der Waals surface area (Å²) in [4.78, 5) is 0. The average molecular weight is 256 g/mol. The van der Waals surface area contributed by atoms with E-state index in [9.17, 15) is 5.11 Å². The Morgan fingerprint density at radius 2 is 2.12 bits per heavy atom. The minimum Gasteiger partial charge on any atom is -0.491 e. The Labute approximate surface area is 107 Å². The number of halogens is 1. The molecule has 2 rings (SSSR count). The number of rotatable bonds is 4. The second-order valence-electron chi connectivity index (χ2n) is 4.39. The summed E-state index contributed by atoms with van der Waals surface area (Å²) in [5.41, 5.74) is 0. The quantitative estimate of drug-likeness (QED) is 0.867. The van der Waals surface area contributed by atoms with E-state index in [0.717, 1.165) is 18.7 Å². The van der Waals surface area contributed by atoms with Crippen LogP contribution < -0.4 is 10.1 Å². The van der Waals surface area contributed by atoms with Crippen molar-refractivity contribution in [1.29, 1.82) is 0 Å². The number of hydrogen-bond donors (Lipinski definition) is 2. The van der Waals surface area contributed by atoms with Gasteiger partial charge in [0.25, 0.3) is 0 Å². The number of nitrogens with one attached hydrogen (secondary N) is 1. The number of ether oxygens (including phenoxy) is 1. The Hall–Kier alpha value is -0.770. The fourth-order valence-electron chi connectivity index (χ4n) is 2.04. The molecule has 0 amide bonds. The molecule has 94 valence electrons. The maximum atomic E-state index is 9.98. The third-order valence-electron chi connectivity index (χ3n) is 3.05. The standard InChI is InChI=1S/C13H18ClNO2/c14-10-4-6-11(7-5-10)17-9-13(16)12-3-1-2-8-15-12/h4-7,12-13,15-16H,1-3,8-9H2. The topological polar surface area (TPSA) is 41.5 Å². The minimum absolute atomic E-state index is 0.163. The lowest BCUT2D eigenvalue weighted by Gasteiger charge is -2.27. The second kappa shape index (κ2) is 6.24. The molecule has 4 heteroatoms. The van der Waals surface area contributed by atoms with Gasteiger partial charge in [-0.3, -0.25) is 0 Å². The van der Waals surface area contributed by atoms with Gasteiger partial charge in [0.05, 0.1) is 0 Å². The van der Waals surface area contributed by atoms with E-state index in [-0.39, 0.29) is 6.04 Å². The van der Waals surface area contributed by atoms with Crippen molar-refractivity contribution in [2.75, 3.05) is 13.2 Å². The number of benzene rings is 1. The molecule has 1 fully saturated rings. The number of piperidine rings is 1. The minimum atomic E-state index is -0.453. The van der Waals surface area contributed by atoms with Crippen LogP contribution in [0.25, 0.3) is 0 Å². The molecule has 0 aromatic heterocycles. The monoisotopic (exact) mass is 255 g/mol. The van der Waals surface area contributed by atoms with Gasteiger partial charge in [-0.05, 0) is 43.7 Å². The summed E-state index contributed by atoms with van der Waals surface area (Å²) in [5.74, 6) is 0.740. The highest BCUT2D eigenvalue weighted by Crippen LogP contribution is 2.17. The molecular formula is C13H18ClNO2. The molecular weight excluding hydrogens is 238 g/mol. The highest BCUT2D eigenvalue weighted by Gasteiger charge is 2.21. The van der Waals surface area contributed by atoms with Crippen molar-refractivity contribution in [3.8, 4) is 5.75 Å². The molecule has 2 N–H and O–H groups in total. The van der Waals surface area contributed by atoms with Crippen molar-refractivity contribution < 1.29 is 9.84 Å². The van der Waals surface area contributed by atoms with E-state index >= 15 is 0 Å². The summed E-state index contributed by atoms with van der Waals surface area (Å²) < 4.78 is 5.53. The van der Waals surface area contributed by atoms with Gasteiger partial charge in [0.1, 0.15) is 18.5 Å². The zero-order valence-corrected chi connectivity index (χ0v) is 10.5. The zero-order valence-electron chi connectivity index (χ0n) is 9.73. The van der Waals surface area contributed by atoms with Crippen molar-refractivity contribution in [2.45, 2.75) is 31.4 Å². The van der Waals surface area contributed by atoms with E-state index in [1.807, 2.05) is 12.1 Å². The lowest BCUT2D eigenvalue weighted by Crippen LogP contribution is -2.45. The Morgan fingerprint density at radius 1 is 1.35 bits per heavy atom. The van der Waals surface area contributed by atoms with Gasteiger partial charge in [0, 0.05) is 11.1 Å². The summed E-state index contributed by atoms with van der Waals surface area (Å²) in [5, 5.41) is 14.0. The van der Waals surface area contributed by atoms with Crippen LogP contribution >= 0.6 is 11.6 Å². The molecule has 2 atom stereocenters. The molecule has 0 bridgehead atoms. The fourth-order valence-corrected chi connectivity index (χ4v) is 2.16. The van der Waals surface area contributed by atoms with Crippen molar-refractivity contribution in [2.24, 2.45) is 0 Å².